The van der Waals surface area contributed by atoms with Gasteiger partial charge in [0.15, 0.2) is 0 Å². The molecule has 2 aliphatic heterocycles. The van der Waals surface area contributed by atoms with Crippen molar-refractivity contribution < 1.29 is 9.59 Å². The van der Waals surface area contributed by atoms with Crippen LogP contribution in [0.3, 0.4) is 0 Å². The molecule has 0 bridgehead atoms. The molecule has 1 saturated heterocycles. The molecule has 29 heavy (non-hydrogen) atoms. The smallest absolute Gasteiger partial charge is 0.273 e. The number of carbonyl (C=O) groups excluding carboxylic acids is 2. The molecule has 1 N–H and O–H groups in total. The molecule has 0 unspecified atom stereocenters. The van der Waals surface area contributed by atoms with Gasteiger partial charge in [0.25, 0.3) is 5.91 Å². The first-order valence-corrected chi connectivity index (χ1v) is 9.71. The number of nitrogens with zero attached hydrogens (tertiary/aromatic N) is 4. The standard InChI is InChI=1S/C21H18ClN5O2/c1-26-11-9-23-18(26)17-21(14-4-2-3-5-15(14)25-20(21)29)8-10-27(17)19(28)16-7-6-13(22)12-24-16/h2-7,9,11-12,17H,8,10H2,1H3,(H,25,29)/t17-,21+/m0/s1. The number of fused-ring (bicyclic) bond motifs is 2. The zero-order valence-corrected chi connectivity index (χ0v) is 16.4. The van der Waals surface area contributed by atoms with Crippen LogP contribution >= 0.6 is 11.6 Å². The van der Waals surface area contributed by atoms with Gasteiger partial charge in [0.1, 0.15) is 23.0 Å². The first kappa shape index (κ1) is 17.9. The van der Waals surface area contributed by atoms with Crippen LogP contribution in [0.25, 0.3) is 0 Å². The molecule has 7 nitrogen and oxygen atoms in total. The number of hydrogen-bond donors (Lipinski definition) is 1. The van der Waals surface area contributed by atoms with E-state index in [-0.39, 0.29) is 17.5 Å². The van der Waals surface area contributed by atoms with Gasteiger partial charge in [-0.2, -0.15) is 0 Å². The average molecular weight is 408 g/mol. The van der Waals surface area contributed by atoms with E-state index in [2.05, 4.69) is 15.3 Å². The number of carbonyl (C=O) groups is 2. The van der Waals surface area contributed by atoms with E-state index in [9.17, 15) is 9.59 Å². The quantitative estimate of drug-likeness (QED) is 0.708. The van der Waals surface area contributed by atoms with Crippen LogP contribution in [0.5, 0.6) is 0 Å². The summed E-state index contributed by atoms with van der Waals surface area (Å²) >= 11 is 5.93. The van der Waals surface area contributed by atoms with Gasteiger partial charge in [-0.05, 0) is 30.2 Å². The molecule has 4 heterocycles. The third-order valence-electron chi connectivity index (χ3n) is 5.90. The van der Waals surface area contributed by atoms with Crippen molar-refractivity contribution in [2.24, 2.45) is 7.05 Å². The predicted octanol–water partition coefficient (Wildman–Crippen LogP) is 2.95. The van der Waals surface area contributed by atoms with Gasteiger partial charge in [0.05, 0.1) is 5.02 Å². The molecular weight excluding hydrogens is 390 g/mol. The van der Waals surface area contributed by atoms with Crippen LogP contribution in [0.2, 0.25) is 5.02 Å². The molecule has 1 aromatic carbocycles. The molecule has 0 radical (unpaired) electrons. The van der Waals surface area contributed by atoms with E-state index in [1.165, 1.54) is 6.20 Å². The van der Waals surface area contributed by atoms with E-state index in [4.69, 9.17) is 11.6 Å². The second-order valence-corrected chi connectivity index (χ2v) is 7.82. The summed E-state index contributed by atoms with van der Waals surface area (Å²) in [4.78, 5) is 37.1. The number of anilines is 1. The lowest BCUT2D eigenvalue weighted by molar-refractivity contribution is -0.121. The molecule has 2 atom stereocenters. The van der Waals surface area contributed by atoms with E-state index < -0.39 is 11.5 Å². The first-order chi connectivity index (χ1) is 14.0. The van der Waals surface area contributed by atoms with E-state index in [1.807, 2.05) is 42.1 Å². The number of para-hydroxylation sites is 1. The third-order valence-corrected chi connectivity index (χ3v) is 6.12. The largest absolute Gasteiger partial charge is 0.336 e. The van der Waals surface area contributed by atoms with Crippen LogP contribution in [0.4, 0.5) is 5.69 Å². The molecule has 5 rings (SSSR count). The summed E-state index contributed by atoms with van der Waals surface area (Å²) in [6.07, 6.45) is 5.47. The normalized spacial score (nSPS) is 22.8. The second-order valence-electron chi connectivity index (χ2n) is 7.38. The van der Waals surface area contributed by atoms with Crippen molar-refractivity contribution in [1.82, 2.24) is 19.4 Å². The zero-order chi connectivity index (χ0) is 20.2. The summed E-state index contributed by atoms with van der Waals surface area (Å²) < 4.78 is 1.86. The summed E-state index contributed by atoms with van der Waals surface area (Å²) in [6.45, 7) is 0.419. The Morgan fingerprint density at radius 1 is 1.24 bits per heavy atom. The summed E-state index contributed by atoms with van der Waals surface area (Å²) in [5.41, 5.74) is 1.09. The van der Waals surface area contributed by atoms with Crippen molar-refractivity contribution in [3.8, 4) is 0 Å². The molecule has 2 aliphatic rings. The number of hydrogen-bond acceptors (Lipinski definition) is 4. The van der Waals surface area contributed by atoms with E-state index >= 15 is 0 Å². The number of rotatable bonds is 2. The summed E-state index contributed by atoms with van der Waals surface area (Å²) in [6, 6.07) is 10.4. The minimum absolute atomic E-state index is 0.105. The molecule has 0 aliphatic carbocycles. The van der Waals surface area contributed by atoms with Crippen molar-refractivity contribution in [3.05, 3.63) is 77.1 Å². The van der Waals surface area contributed by atoms with Crippen LogP contribution in [-0.2, 0) is 17.3 Å². The lowest BCUT2D eigenvalue weighted by Gasteiger charge is -2.33. The Hall–Kier alpha value is -3.19. The van der Waals surface area contributed by atoms with E-state index in [0.717, 1.165) is 11.3 Å². The fraction of sp³-hybridized carbons (Fsp3) is 0.238. The van der Waals surface area contributed by atoms with Gasteiger partial charge < -0.3 is 14.8 Å². The number of likely N-dealkylation sites (tertiary alicyclic amines) is 1. The van der Waals surface area contributed by atoms with Gasteiger partial charge in [0, 0.05) is 37.9 Å². The maximum atomic E-state index is 13.4. The highest BCUT2D eigenvalue weighted by atomic mass is 35.5. The lowest BCUT2D eigenvalue weighted by Crippen LogP contribution is -2.44. The Bertz CT molecular complexity index is 1130. The summed E-state index contributed by atoms with van der Waals surface area (Å²) in [7, 11) is 1.87. The van der Waals surface area contributed by atoms with E-state index in [0.29, 0.717) is 23.8 Å². The Morgan fingerprint density at radius 2 is 2.07 bits per heavy atom. The van der Waals surface area contributed by atoms with Gasteiger partial charge in [-0.1, -0.05) is 29.8 Å². The van der Waals surface area contributed by atoms with Crippen molar-refractivity contribution in [1.29, 1.82) is 0 Å². The Balaban J connectivity index is 1.67. The number of benzene rings is 1. The topological polar surface area (TPSA) is 80.1 Å². The van der Waals surface area contributed by atoms with E-state index in [1.54, 1.807) is 23.2 Å². The van der Waals surface area contributed by atoms with Gasteiger partial charge >= 0.3 is 0 Å². The van der Waals surface area contributed by atoms with Crippen molar-refractivity contribution in [3.63, 3.8) is 0 Å². The molecule has 8 heteroatoms. The minimum Gasteiger partial charge on any atom is -0.336 e. The Kier molecular flexibility index (Phi) is 3.96. The maximum Gasteiger partial charge on any atom is 0.273 e. The van der Waals surface area contributed by atoms with Gasteiger partial charge in [-0.3, -0.25) is 9.59 Å². The van der Waals surface area contributed by atoms with Crippen LogP contribution in [0.15, 0.2) is 55.0 Å². The summed E-state index contributed by atoms with van der Waals surface area (Å²) in [5.74, 6) is 0.312. The number of imidazole rings is 1. The molecule has 1 fully saturated rings. The SMILES string of the molecule is Cn1ccnc1[C@@H]1N(C(=O)c2ccc(Cl)cn2)CC[C@]12C(=O)Nc1ccccc12. The zero-order valence-electron chi connectivity index (χ0n) is 15.7. The number of aromatic nitrogens is 3. The van der Waals surface area contributed by atoms with Gasteiger partial charge in [0.2, 0.25) is 5.91 Å². The molecule has 2 aromatic heterocycles. The predicted molar refractivity (Wildman–Crippen MR) is 108 cm³/mol. The van der Waals surface area contributed by atoms with Crippen LogP contribution in [-0.4, -0.2) is 37.8 Å². The highest BCUT2D eigenvalue weighted by Gasteiger charge is 2.60. The first-order valence-electron chi connectivity index (χ1n) is 9.33. The Morgan fingerprint density at radius 3 is 2.79 bits per heavy atom. The number of pyridine rings is 1. The highest BCUT2D eigenvalue weighted by molar-refractivity contribution is 6.30. The fourth-order valence-electron chi connectivity index (χ4n) is 4.55. The maximum absolute atomic E-state index is 13.4. The second kappa shape index (κ2) is 6.42. The minimum atomic E-state index is -0.891. The van der Waals surface area contributed by atoms with Crippen molar-refractivity contribution >= 4 is 29.1 Å². The Labute approximate surface area is 172 Å². The lowest BCUT2D eigenvalue weighted by atomic mass is 9.74. The molecule has 2 amide bonds. The van der Waals surface area contributed by atoms with Crippen LogP contribution in [0.1, 0.15) is 34.3 Å². The molecule has 3 aromatic rings. The summed E-state index contributed by atoms with van der Waals surface area (Å²) in [5, 5.41) is 3.46. The number of nitrogens with one attached hydrogen (secondary N) is 1. The number of aryl methyl sites for hydroxylation is 1. The van der Waals surface area contributed by atoms with Crippen LogP contribution in [0, 0.1) is 0 Å². The highest BCUT2D eigenvalue weighted by Crippen LogP contribution is 2.54. The van der Waals surface area contributed by atoms with Crippen molar-refractivity contribution in [2.75, 3.05) is 11.9 Å². The number of halogens is 1. The molecular formula is C21H18ClN5O2. The van der Waals surface area contributed by atoms with Gasteiger partial charge in [-0.15, -0.1) is 0 Å². The van der Waals surface area contributed by atoms with Crippen molar-refractivity contribution in [2.45, 2.75) is 17.9 Å². The van der Waals surface area contributed by atoms with Gasteiger partial charge in [-0.25, -0.2) is 9.97 Å². The average Bonchev–Trinajstić information content (AvgIpc) is 3.39. The molecule has 1 spiro atoms. The number of amides is 2. The fourth-order valence-corrected chi connectivity index (χ4v) is 4.67. The monoisotopic (exact) mass is 407 g/mol. The molecule has 0 saturated carbocycles. The third kappa shape index (κ3) is 2.50. The molecule has 146 valence electrons. The van der Waals surface area contributed by atoms with Crippen LogP contribution < -0.4 is 5.32 Å².